The zero-order valence-electron chi connectivity index (χ0n) is 9.91. The molecule has 96 valence electrons. The highest BCUT2D eigenvalue weighted by molar-refractivity contribution is 5.85. The molecule has 18 heavy (non-hydrogen) atoms. The maximum Gasteiger partial charge on any atom is 0.140 e. The Balaban J connectivity index is 0.00000120. The lowest BCUT2D eigenvalue weighted by Gasteiger charge is -2.22. The number of rotatable bonds is 1. The van der Waals surface area contributed by atoms with Crippen LogP contribution in [0.15, 0.2) is 30.5 Å². The van der Waals surface area contributed by atoms with Crippen LogP contribution in [0.2, 0.25) is 0 Å². The van der Waals surface area contributed by atoms with Gasteiger partial charge in [0.05, 0.1) is 0 Å². The number of nitrogens with two attached hydrogens (primary N) is 1. The number of aromatic hydroxyl groups is 1. The van der Waals surface area contributed by atoms with Crippen LogP contribution in [-0.4, -0.2) is 20.7 Å². The molecule has 5 heteroatoms. The van der Waals surface area contributed by atoms with Gasteiger partial charge in [0.2, 0.25) is 0 Å². The summed E-state index contributed by atoms with van der Waals surface area (Å²) in [7, 11) is 0. The molecule has 1 aliphatic rings. The molecule has 2 aromatic rings. The van der Waals surface area contributed by atoms with Crippen molar-refractivity contribution >= 4 is 12.4 Å². The van der Waals surface area contributed by atoms with Gasteiger partial charge in [0.15, 0.2) is 0 Å². The van der Waals surface area contributed by atoms with Gasteiger partial charge in [-0.15, -0.1) is 12.4 Å². The molecule has 0 saturated heterocycles. The van der Waals surface area contributed by atoms with E-state index in [9.17, 15) is 5.11 Å². The van der Waals surface area contributed by atoms with Gasteiger partial charge in [0, 0.05) is 30.0 Å². The van der Waals surface area contributed by atoms with Crippen molar-refractivity contribution in [2.24, 2.45) is 5.73 Å². The Morgan fingerprint density at radius 1 is 1.28 bits per heavy atom. The number of nitrogens with zero attached hydrogens (tertiary/aromatic N) is 2. The molecule has 1 unspecified atom stereocenters. The smallest absolute Gasteiger partial charge is 0.140 e. The third-order valence-corrected chi connectivity index (χ3v) is 3.25. The van der Waals surface area contributed by atoms with E-state index in [1.807, 2.05) is 18.3 Å². The second-order valence-electron chi connectivity index (χ2n) is 4.53. The van der Waals surface area contributed by atoms with Gasteiger partial charge in [-0.1, -0.05) is 0 Å². The van der Waals surface area contributed by atoms with Crippen LogP contribution in [0.4, 0.5) is 0 Å². The average Bonchev–Trinajstić information content (AvgIpc) is 2.73. The summed E-state index contributed by atoms with van der Waals surface area (Å²) in [4.78, 5) is 4.46. The average molecular weight is 266 g/mol. The van der Waals surface area contributed by atoms with Crippen molar-refractivity contribution in [2.45, 2.75) is 25.4 Å². The maximum absolute atomic E-state index is 9.29. The first-order chi connectivity index (χ1) is 8.24. The second-order valence-corrected chi connectivity index (χ2v) is 4.53. The van der Waals surface area contributed by atoms with E-state index in [4.69, 9.17) is 5.73 Å². The van der Waals surface area contributed by atoms with Gasteiger partial charge in [-0.25, -0.2) is 4.98 Å². The summed E-state index contributed by atoms with van der Waals surface area (Å²) in [5, 5.41) is 9.29. The quantitative estimate of drug-likeness (QED) is 0.828. The molecular formula is C13H16ClN3O. The van der Waals surface area contributed by atoms with Gasteiger partial charge < -0.3 is 15.4 Å². The Hall–Kier alpha value is -1.52. The number of imidazole rings is 1. The molecule has 0 radical (unpaired) electrons. The van der Waals surface area contributed by atoms with Gasteiger partial charge >= 0.3 is 0 Å². The number of fused-ring (bicyclic) bond motifs is 1. The first kappa shape index (κ1) is 12.9. The van der Waals surface area contributed by atoms with E-state index < -0.39 is 0 Å². The van der Waals surface area contributed by atoms with Crippen molar-refractivity contribution < 1.29 is 5.11 Å². The fourth-order valence-electron chi connectivity index (χ4n) is 2.31. The summed E-state index contributed by atoms with van der Waals surface area (Å²) in [5.41, 5.74) is 8.25. The van der Waals surface area contributed by atoms with Gasteiger partial charge in [-0.2, -0.15) is 0 Å². The Morgan fingerprint density at radius 3 is 2.72 bits per heavy atom. The molecule has 0 fully saturated rings. The number of hydrogen-bond acceptors (Lipinski definition) is 3. The summed E-state index contributed by atoms with van der Waals surface area (Å²) < 4.78 is 2.18. The van der Waals surface area contributed by atoms with Crippen LogP contribution in [0, 0.1) is 0 Å². The first-order valence-corrected chi connectivity index (χ1v) is 5.83. The minimum absolute atomic E-state index is 0. The largest absolute Gasteiger partial charge is 0.508 e. The monoisotopic (exact) mass is 265 g/mol. The van der Waals surface area contributed by atoms with Crippen molar-refractivity contribution in [1.29, 1.82) is 0 Å². The lowest BCUT2D eigenvalue weighted by atomic mass is 10.1. The minimum atomic E-state index is 0. The topological polar surface area (TPSA) is 64.1 Å². The van der Waals surface area contributed by atoms with Crippen molar-refractivity contribution in [3.8, 4) is 17.1 Å². The molecule has 1 aliphatic heterocycles. The highest BCUT2D eigenvalue weighted by Gasteiger charge is 2.19. The molecule has 4 nitrogen and oxygen atoms in total. The Morgan fingerprint density at radius 2 is 2.00 bits per heavy atom. The van der Waals surface area contributed by atoms with Crippen LogP contribution in [0.3, 0.4) is 0 Å². The number of aromatic nitrogens is 2. The number of aryl methyl sites for hydroxylation is 1. The summed E-state index contributed by atoms with van der Waals surface area (Å²) >= 11 is 0. The molecule has 0 amide bonds. The van der Waals surface area contributed by atoms with Gasteiger partial charge in [-0.3, -0.25) is 0 Å². The van der Waals surface area contributed by atoms with Crippen LogP contribution >= 0.6 is 12.4 Å². The number of phenolic OH excluding ortho intramolecular Hbond substituents is 1. The fourth-order valence-corrected chi connectivity index (χ4v) is 2.31. The number of hydrogen-bond donors (Lipinski definition) is 2. The summed E-state index contributed by atoms with van der Waals surface area (Å²) in [6.45, 7) is 0.825. The van der Waals surface area contributed by atoms with Crippen molar-refractivity contribution in [3.05, 3.63) is 36.2 Å². The van der Waals surface area contributed by atoms with E-state index in [0.717, 1.165) is 30.8 Å². The molecule has 1 aromatic carbocycles. The molecule has 0 spiro atoms. The van der Waals surface area contributed by atoms with E-state index in [1.165, 1.54) is 5.69 Å². The SMILES string of the molecule is Cl.NC1CCc2cnc(-c3ccc(O)cc3)n2C1. The Kier molecular flexibility index (Phi) is 3.59. The van der Waals surface area contributed by atoms with Gasteiger partial charge in [0.25, 0.3) is 0 Å². The van der Waals surface area contributed by atoms with Crippen LogP contribution in [-0.2, 0) is 13.0 Å². The lowest BCUT2D eigenvalue weighted by molar-refractivity contribution is 0.463. The summed E-state index contributed by atoms with van der Waals surface area (Å²) in [6.07, 6.45) is 3.95. The highest BCUT2D eigenvalue weighted by Crippen LogP contribution is 2.25. The van der Waals surface area contributed by atoms with Crippen LogP contribution < -0.4 is 5.73 Å². The summed E-state index contributed by atoms with van der Waals surface area (Å²) in [5.74, 6) is 1.21. The molecule has 0 saturated carbocycles. The van der Waals surface area contributed by atoms with E-state index in [2.05, 4.69) is 9.55 Å². The highest BCUT2D eigenvalue weighted by atomic mass is 35.5. The van der Waals surface area contributed by atoms with E-state index in [0.29, 0.717) is 0 Å². The first-order valence-electron chi connectivity index (χ1n) is 5.83. The van der Waals surface area contributed by atoms with Crippen LogP contribution in [0.1, 0.15) is 12.1 Å². The molecule has 1 atom stereocenters. The van der Waals surface area contributed by atoms with Crippen LogP contribution in [0.25, 0.3) is 11.4 Å². The molecule has 1 aromatic heterocycles. The number of halogens is 1. The van der Waals surface area contributed by atoms with Crippen LogP contribution in [0.5, 0.6) is 5.75 Å². The maximum atomic E-state index is 9.29. The van der Waals surface area contributed by atoms with Gasteiger partial charge in [0.1, 0.15) is 11.6 Å². The fraction of sp³-hybridized carbons (Fsp3) is 0.308. The second kappa shape index (κ2) is 5.00. The zero-order chi connectivity index (χ0) is 11.8. The number of benzene rings is 1. The number of phenols is 1. The third kappa shape index (κ3) is 2.21. The zero-order valence-corrected chi connectivity index (χ0v) is 10.7. The van der Waals surface area contributed by atoms with E-state index in [-0.39, 0.29) is 24.2 Å². The predicted molar refractivity (Wildman–Crippen MR) is 72.9 cm³/mol. The van der Waals surface area contributed by atoms with Crippen molar-refractivity contribution in [1.82, 2.24) is 9.55 Å². The Bertz CT molecular complexity index is 536. The molecule has 2 heterocycles. The molecule has 0 bridgehead atoms. The lowest BCUT2D eigenvalue weighted by Crippen LogP contribution is -2.31. The van der Waals surface area contributed by atoms with E-state index in [1.54, 1.807) is 12.1 Å². The summed E-state index contributed by atoms with van der Waals surface area (Å²) in [6, 6.07) is 7.34. The van der Waals surface area contributed by atoms with Gasteiger partial charge in [-0.05, 0) is 37.1 Å². The van der Waals surface area contributed by atoms with Crippen molar-refractivity contribution in [3.63, 3.8) is 0 Å². The van der Waals surface area contributed by atoms with E-state index >= 15 is 0 Å². The Labute approximate surface area is 112 Å². The third-order valence-electron chi connectivity index (χ3n) is 3.25. The molecule has 3 N–H and O–H groups in total. The normalized spacial score (nSPS) is 17.9. The molecular weight excluding hydrogens is 250 g/mol. The van der Waals surface area contributed by atoms with Crippen molar-refractivity contribution in [2.75, 3.05) is 0 Å². The minimum Gasteiger partial charge on any atom is -0.508 e. The predicted octanol–water partition coefficient (Wildman–Crippen LogP) is 1.95. The molecule has 3 rings (SSSR count). The molecule has 0 aliphatic carbocycles. The standard InChI is InChI=1S/C13H15N3O.ClH/c14-10-3-4-11-7-15-13(16(11)8-10)9-1-5-12(17)6-2-9;/h1-2,5-7,10,17H,3-4,8,14H2;1H.